The molecule has 0 fully saturated rings. The van der Waals surface area contributed by atoms with Crippen molar-refractivity contribution in [1.82, 2.24) is 0 Å². The fourth-order valence-corrected chi connectivity index (χ4v) is 2.09. The van der Waals surface area contributed by atoms with E-state index >= 15 is 0 Å². The molecule has 68 valence electrons. The number of cyclic esters (lactones) is 1. The summed E-state index contributed by atoms with van der Waals surface area (Å²) in [5, 5.41) is 0. The molecule has 4 heteroatoms. The molecule has 0 N–H and O–H groups in total. The normalized spacial score (nSPS) is 19.8. The number of rotatable bonds is 1. The van der Waals surface area contributed by atoms with Crippen LogP contribution in [0.2, 0.25) is 0 Å². The summed E-state index contributed by atoms with van der Waals surface area (Å²) in [6.45, 7) is 0. The van der Waals surface area contributed by atoms with Crippen LogP contribution < -0.4 is 0 Å². The maximum atomic E-state index is 11.3. The van der Waals surface area contributed by atoms with E-state index in [4.69, 9.17) is 9.47 Å². The molecule has 0 aromatic heterocycles. The van der Waals surface area contributed by atoms with Gasteiger partial charge in [0.05, 0.1) is 5.56 Å². The summed E-state index contributed by atoms with van der Waals surface area (Å²) in [5.41, 5.74) is 1.45. The first-order valence-corrected chi connectivity index (χ1v) is 4.84. The first-order valence-electron chi connectivity index (χ1n) is 3.76. The maximum absolute atomic E-state index is 11.3. The van der Waals surface area contributed by atoms with Crippen LogP contribution in [0.4, 0.5) is 0 Å². The average Bonchev–Trinajstić information content (AvgIpc) is 2.45. The molecule has 1 aromatic rings. The summed E-state index contributed by atoms with van der Waals surface area (Å²) >= 11 is 2.16. The van der Waals surface area contributed by atoms with Crippen molar-refractivity contribution < 1.29 is 14.3 Å². The molecule has 13 heavy (non-hydrogen) atoms. The van der Waals surface area contributed by atoms with Crippen LogP contribution in [0.3, 0.4) is 0 Å². The number of methoxy groups -OCH3 is 1. The molecule has 1 aliphatic heterocycles. The van der Waals surface area contributed by atoms with E-state index in [-0.39, 0.29) is 5.97 Å². The summed E-state index contributed by atoms with van der Waals surface area (Å²) < 4.78 is 11.0. The van der Waals surface area contributed by atoms with E-state index in [2.05, 4.69) is 22.6 Å². The third-order valence-corrected chi connectivity index (χ3v) is 2.88. The lowest BCUT2D eigenvalue weighted by Gasteiger charge is -2.08. The SMILES string of the molecule is COC1OC(=O)c2cccc(I)c21. The van der Waals surface area contributed by atoms with Crippen LogP contribution in [0.1, 0.15) is 22.2 Å². The Kier molecular flexibility index (Phi) is 2.25. The van der Waals surface area contributed by atoms with Gasteiger partial charge in [-0.25, -0.2) is 4.79 Å². The van der Waals surface area contributed by atoms with Gasteiger partial charge >= 0.3 is 5.97 Å². The number of hydrogen-bond donors (Lipinski definition) is 0. The molecular formula is C9H7IO3. The zero-order valence-electron chi connectivity index (χ0n) is 6.91. The van der Waals surface area contributed by atoms with Crippen molar-refractivity contribution in [3.63, 3.8) is 0 Å². The number of carbonyl (C=O) groups excluding carboxylic acids is 1. The fourth-order valence-electron chi connectivity index (χ4n) is 1.34. The van der Waals surface area contributed by atoms with E-state index in [0.29, 0.717) is 5.56 Å². The highest BCUT2D eigenvalue weighted by Crippen LogP contribution is 2.34. The van der Waals surface area contributed by atoms with Gasteiger partial charge in [-0.3, -0.25) is 0 Å². The number of ether oxygens (including phenoxy) is 2. The first kappa shape index (κ1) is 8.96. The molecule has 0 saturated heterocycles. The van der Waals surface area contributed by atoms with Crippen molar-refractivity contribution in [2.24, 2.45) is 0 Å². The molecule has 0 bridgehead atoms. The van der Waals surface area contributed by atoms with Crippen molar-refractivity contribution in [2.45, 2.75) is 6.29 Å². The van der Waals surface area contributed by atoms with Gasteiger partial charge in [0.1, 0.15) is 0 Å². The minimum absolute atomic E-state index is 0.305. The van der Waals surface area contributed by atoms with Gasteiger partial charge in [0.15, 0.2) is 0 Å². The van der Waals surface area contributed by atoms with E-state index in [1.54, 1.807) is 6.07 Å². The van der Waals surface area contributed by atoms with Crippen molar-refractivity contribution in [3.05, 3.63) is 32.9 Å². The molecule has 0 spiro atoms. The average molecular weight is 290 g/mol. The van der Waals surface area contributed by atoms with Gasteiger partial charge < -0.3 is 9.47 Å². The van der Waals surface area contributed by atoms with Crippen molar-refractivity contribution in [1.29, 1.82) is 0 Å². The van der Waals surface area contributed by atoms with Gasteiger partial charge in [-0.1, -0.05) is 6.07 Å². The molecule has 1 unspecified atom stereocenters. The highest BCUT2D eigenvalue weighted by Gasteiger charge is 2.32. The van der Waals surface area contributed by atoms with Gasteiger partial charge in [-0.05, 0) is 34.7 Å². The lowest BCUT2D eigenvalue weighted by atomic mass is 10.1. The van der Waals surface area contributed by atoms with Crippen molar-refractivity contribution in [2.75, 3.05) is 7.11 Å². The van der Waals surface area contributed by atoms with E-state index < -0.39 is 6.29 Å². The molecule has 0 aliphatic carbocycles. The molecule has 0 amide bonds. The van der Waals surface area contributed by atoms with Gasteiger partial charge in [0.25, 0.3) is 0 Å². The molecule has 0 radical (unpaired) electrons. The Labute approximate surface area is 89.2 Å². The number of esters is 1. The van der Waals surface area contributed by atoms with Crippen molar-refractivity contribution >= 4 is 28.6 Å². The number of hydrogen-bond acceptors (Lipinski definition) is 3. The summed E-state index contributed by atoms with van der Waals surface area (Å²) in [6, 6.07) is 5.51. The Balaban J connectivity index is 2.58. The van der Waals surface area contributed by atoms with Crippen LogP contribution in [-0.2, 0) is 9.47 Å². The molecule has 2 rings (SSSR count). The minimum atomic E-state index is -0.532. The van der Waals surface area contributed by atoms with E-state index in [1.165, 1.54) is 7.11 Å². The quantitative estimate of drug-likeness (QED) is 0.587. The zero-order valence-corrected chi connectivity index (χ0v) is 9.07. The van der Waals surface area contributed by atoms with Gasteiger partial charge in [-0.2, -0.15) is 0 Å². The summed E-state index contributed by atoms with van der Waals surface area (Å²) in [4.78, 5) is 11.3. The highest BCUT2D eigenvalue weighted by atomic mass is 127. The topological polar surface area (TPSA) is 35.5 Å². The largest absolute Gasteiger partial charge is 0.428 e. The molecular weight excluding hydrogens is 283 g/mol. The Morgan fingerprint density at radius 2 is 2.31 bits per heavy atom. The number of benzene rings is 1. The smallest absolute Gasteiger partial charge is 0.341 e. The monoisotopic (exact) mass is 290 g/mol. The Morgan fingerprint density at radius 1 is 1.54 bits per heavy atom. The van der Waals surface area contributed by atoms with E-state index in [1.807, 2.05) is 12.1 Å². The summed E-state index contributed by atoms with van der Waals surface area (Å²) in [5.74, 6) is -0.305. The standard InChI is InChI=1S/C9H7IO3/c1-12-9-7-5(8(11)13-9)3-2-4-6(7)10/h2-4,9H,1H3. The van der Waals surface area contributed by atoms with Crippen LogP contribution in [0.15, 0.2) is 18.2 Å². The third-order valence-electron chi connectivity index (χ3n) is 1.94. The lowest BCUT2D eigenvalue weighted by Crippen LogP contribution is -2.01. The molecule has 1 aromatic carbocycles. The van der Waals surface area contributed by atoms with Crippen LogP contribution in [0, 0.1) is 3.57 Å². The second-order valence-electron chi connectivity index (χ2n) is 2.67. The number of carbonyl (C=O) groups is 1. The van der Waals surface area contributed by atoms with Crippen molar-refractivity contribution in [3.8, 4) is 0 Å². The first-order chi connectivity index (χ1) is 6.24. The Hall–Kier alpha value is -0.620. The molecule has 1 heterocycles. The van der Waals surface area contributed by atoms with Crippen LogP contribution in [-0.4, -0.2) is 13.1 Å². The maximum Gasteiger partial charge on any atom is 0.341 e. The Bertz CT molecular complexity index is 362. The predicted molar refractivity (Wildman–Crippen MR) is 54.3 cm³/mol. The molecule has 1 aliphatic rings. The van der Waals surface area contributed by atoms with Crippen LogP contribution >= 0.6 is 22.6 Å². The van der Waals surface area contributed by atoms with Gasteiger partial charge in [0.2, 0.25) is 6.29 Å². The fraction of sp³-hybridized carbons (Fsp3) is 0.222. The summed E-state index contributed by atoms with van der Waals surface area (Å²) in [7, 11) is 1.52. The third kappa shape index (κ3) is 1.34. The van der Waals surface area contributed by atoms with Crippen LogP contribution in [0.25, 0.3) is 0 Å². The van der Waals surface area contributed by atoms with Gasteiger partial charge in [-0.15, -0.1) is 0 Å². The van der Waals surface area contributed by atoms with E-state index in [9.17, 15) is 4.79 Å². The summed E-state index contributed by atoms with van der Waals surface area (Å²) in [6.07, 6.45) is -0.532. The molecule has 3 nitrogen and oxygen atoms in total. The second kappa shape index (κ2) is 3.26. The molecule has 1 atom stereocenters. The highest BCUT2D eigenvalue weighted by molar-refractivity contribution is 14.1. The zero-order chi connectivity index (χ0) is 9.42. The minimum Gasteiger partial charge on any atom is -0.428 e. The number of halogens is 1. The number of fused-ring (bicyclic) bond motifs is 1. The Morgan fingerprint density at radius 3 is 3.00 bits per heavy atom. The van der Waals surface area contributed by atoms with E-state index in [0.717, 1.165) is 9.13 Å². The second-order valence-corrected chi connectivity index (χ2v) is 3.84. The van der Waals surface area contributed by atoms with Crippen LogP contribution in [0.5, 0.6) is 0 Å². The lowest BCUT2D eigenvalue weighted by molar-refractivity contribution is -0.0819. The van der Waals surface area contributed by atoms with Gasteiger partial charge in [0, 0.05) is 16.2 Å². The predicted octanol–water partition coefficient (Wildman–Crippen LogP) is 2.11. The molecule has 0 saturated carbocycles.